The van der Waals surface area contributed by atoms with Gasteiger partial charge in [0.25, 0.3) is 0 Å². The van der Waals surface area contributed by atoms with E-state index in [-0.39, 0.29) is 0 Å². The van der Waals surface area contributed by atoms with Gasteiger partial charge in [-0.2, -0.15) is 0 Å². The van der Waals surface area contributed by atoms with E-state index in [2.05, 4.69) is 193 Å². The molecule has 5 nitrogen and oxygen atoms in total. The second kappa shape index (κ2) is 13.4. The summed E-state index contributed by atoms with van der Waals surface area (Å²) in [6.45, 7) is 0. The van der Waals surface area contributed by atoms with E-state index in [0.29, 0.717) is 17.5 Å². The van der Waals surface area contributed by atoms with E-state index in [4.69, 9.17) is 19.4 Å². The van der Waals surface area contributed by atoms with E-state index in [1.54, 1.807) is 0 Å². The Morgan fingerprint density at radius 2 is 0.844 bits per heavy atom. The Hall–Kier alpha value is -8.67. The van der Waals surface area contributed by atoms with Gasteiger partial charge in [0.2, 0.25) is 0 Å². The highest BCUT2D eigenvalue weighted by Crippen LogP contribution is 2.43. The molecule has 0 spiro atoms. The molecule has 0 aliphatic rings. The first-order valence-corrected chi connectivity index (χ1v) is 21.7. The number of furan rings is 1. The molecule has 64 heavy (non-hydrogen) atoms. The molecular weight excluding hydrogens is 781 g/mol. The first-order chi connectivity index (χ1) is 31.7. The molecule has 0 saturated carbocycles. The van der Waals surface area contributed by atoms with Crippen molar-refractivity contribution in [1.29, 1.82) is 0 Å². The fourth-order valence-corrected chi connectivity index (χ4v) is 10.1. The molecule has 0 atom stereocenters. The van der Waals surface area contributed by atoms with Gasteiger partial charge in [-0.1, -0.05) is 152 Å². The van der Waals surface area contributed by atoms with E-state index in [1.165, 1.54) is 37.7 Å². The Morgan fingerprint density at radius 3 is 1.53 bits per heavy atom. The van der Waals surface area contributed by atoms with Gasteiger partial charge in [-0.05, 0) is 97.7 Å². The molecule has 3 aromatic heterocycles. The average Bonchev–Trinajstić information content (AvgIpc) is 3.88. The Balaban J connectivity index is 1.04. The molecule has 296 valence electrons. The van der Waals surface area contributed by atoms with Gasteiger partial charge < -0.3 is 8.98 Å². The summed E-state index contributed by atoms with van der Waals surface area (Å²) in [5.74, 6) is 1.84. The van der Waals surface area contributed by atoms with Crippen LogP contribution in [0.1, 0.15) is 0 Å². The molecule has 0 amide bonds. The van der Waals surface area contributed by atoms with Crippen molar-refractivity contribution >= 4 is 97.6 Å². The number of nitrogens with zero attached hydrogens (tertiary/aromatic N) is 4. The second-order valence-electron chi connectivity index (χ2n) is 16.8. The molecule has 0 aliphatic carbocycles. The van der Waals surface area contributed by atoms with E-state index < -0.39 is 0 Å². The van der Waals surface area contributed by atoms with Crippen LogP contribution in [-0.2, 0) is 0 Å². The van der Waals surface area contributed by atoms with Crippen LogP contribution < -0.4 is 0 Å². The molecule has 0 N–H and O–H groups in total. The lowest BCUT2D eigenvalue weighted by Crippen LogP contribution is -2.00. The first kappa shape index (κ1) is 35.0. The molecule has 14 aromatic rings. The summed E-state index contributed by atoms with van der Waals surface area (Å²) < 4.78 is 9.30. The highest BCUT2D eigenvalue weighted by Gasteiger charge is 2.22. The predicted octanol–water partition coefficient (Wildman–Crippen LogP) is 15.6. The topological polar surface area (TPSA) is 56.7 Å². The van der Waals surface area contributed by atoms with Crippen molar-refractivity contribution < 1.29 is 4.42 Å². The lowest BCUT2D eigenvalue weighted by Gasteiger charge is -2.13. The molecule has 11 aromatic carbocycles. The normalized spacial score (nSPS) is 12.1. The lowest BCUT2D eigenvalue weighted by molar-refractivity contribution is 0.672. The Kier molecular flexibility index (Phi) is 7.33. The van der Waals surface area contributed by atoms with Crippen LogP contribution in [0.15, 0.2) is 211 Å². The van der Waals surface area contributed by atoms with Gasteiger partial charge in [0.05, 0.1) is 16.7 Å². The van der Waals surface area contributed by atoms with Crippen LogP contribution in [0.3, 0.4) is 0 Å². The largest absolute Gasteiger partial charge is 0.455 e. The zero-order valence-corrected chi connectivity index (χ0v) is 34.3. The number of rotatable bonds is 4. The maximum atomic E-state index is 6.83. The summed E-state index contributed by atoms with van der Waals surface area (Å²) in [5, 5.41) is 16.1. The third kappa shape index (κ3) is 5.22. The Labute approximate surface area is 366 Å². The lowest BCUT2D eigenvalue weighted by atomic mass is 9.97. The molecule has 0 aliphatic heterocycles. The third-order valence-electron chi connectivity index (χ3n) is 13.1. The van der Waals surface area contributed by atoms with Gasteiger partial charge in [-0.15, -0.1) is 0 Å². The highest BCUT2D eigenvalue weighted by molar-refractivity contribution is 6.21. The van der Waals surface area contributed by atoms with Gasteiger partial charge in [0, 0.05) is 49.0 Å². The van der Waals surface area contributed by atoms with Crippen molar-refractivity contribution in [3.05, 3.63) is 206 Å². The molecule has 3 heterocycles. The van der Waals surface area contributed by atoms with E-state index in [1.807, 2.05) is 18.2 Å². The Bertz CT molecular complexity index is 4170. The maximum absolute atomic E-state index is 6.83. The third-order valence-corrected chi connectivity index (χ3v) is 13.1. The summed E-state index contributed by atoms with van der Waals surface area (Å²) in [5.41, 5.74) is 7.85. The smallest absolute Gasteiger partial charge is 0.164 e. The van der Waals surface area contributed by atoms with Crippen LogP contribution in [-0.4, -0.2) is 19.5 Å². The van der Waals surface area contributed by atoms with Crippen molar-refractivity contribution in [2.24, 2.45) is 0 Å². The second-order valence-corrected chi connectivity index (χ2v) is 16.8. The summed E-state index contributed by atoms with van der Waals surface area (Å²) >= 11 is 0. The molecule has 0 saturated heterocycles. The van der Waals surface area contributed by atoms with Gasteiger partial charge in [-0.25, -0.2) is 15.0 Å². The minimum Gasteiger partial charge on any atom is -0.455 e. The minimum atomic E-state index is 0.597. The van der Waals surface area contributed by atoms with Gasteiger partial charge >= 0.3 is 0 Å². The summed E-state index contributed by atoms with van der Waals surface area (Å²) in [6.07, 6.45) is 0. The quantitative estimate of drug-likeness (QED) is 0.166. The monoisotopic (exact) mass is 814 g/mol. The fraction of sp³-hybridized carbons (Fsp3) is 0. The van der Waals surface area contributed by atoms with Crippen molar-refractivity contribution in [3.63, 3.8) is 0 Å². The minimum absolute atomic E-state index is 0.597. The van der Waals surface area contributed by atoms with E-state index in [9.17, 15) is 0 Å². The summed E-state index contributed by atoms with van der Waals surface area (Å²) in [6, 6.07) is 73.4. The van der Waals surface area contributed by atoms with Crippen molar-refractivity contribution in [1.82, 2.24) is 19.5 Å². The molecule has 0 radical (unpaired) electrons. The fourth-order valence-electron chi connectivity index (χ4n) is 10.1. The van der Waals surface area contributed by atoms with Crippen molar-refractivity contribution in [3.8, 4) is 39.9 Å². The van der Waals surface area contributed by atoms with Crippen LogP contribution in [0.4, 0.5) is 0 Å². The van der Waals surface area contributed by atoms with E-state index in [0.717, 1.165) is 82.3 Å². The van der Waals surface area contributed by atoms with E-state index >= 15 is 0 Å². The molecular formula is C59H34N4O. The van der Waals surface area contributed by atoms with Crippen LogP contribution >= 0.6 is 0 Å². The highest BCUT2D eigenvalue weighted by atomic mass is 16.3. The molecule has 0 unspecified atom stereocenters. The van der Waals surface area contributed by atoms with Crippen LogP contribution in [0.5, 0.6) is 0 Å². The standard InChI is InChI=1S/C59H34N4O/c1-2-14-35(15-3-1)57-60-58(62-59(61-57)51-30-40-20-8-9-21-42(40)43-22-10-11-23-44(43)51)41-26-27-55-49(31-41)50-34-54(45-24-12-13-25-46(45)56(50)64-55)63-52-32-38-18-6-4-16-36(38)28-47(52)48-29-37-17-5-7-19-39(37)33-53(48)63/h1-34H. The zero-order valence-electron chi connectivity index (χ0n) is 34.3. The maximum Gasteiger partial charge on any atom is 0.164 e. The number of fused-ring (bicyclic) bond motifs is 13. The van der Waals surface area contributed by atoms with Crippen LogP contribution in [0.2, 0.25) is 0 Å². The predicted molar refractivity (Wildman–Crippen MR) is 265 cm³/mol. The number of benzene rings is 11. The molecule has 5 heteroatoms. The van der Waals surface area contributed by atoms with Crippen molar-refractivity contribution in [2.45, 2.75) is 0 Å². The first-order valence-electron chi connectivity index (χ1n) is 21.7. The number of aromatic nitrogens is 4. The van der Waals surface area contributed by atoms with Gasteiger partial charge in [0.15, 0.2) is 17.5 Å². The average molecular weight is 815 g/mol. The van der Waals surface area contributed by atoms with Crippen LogP contribution in [0, 0.1) is 0 Å². The summed E-state index contributed by atoms with van der Waals surface area (Å²) in [4.78, 5) is 15.7. The van der Waals surface area contributed by atoms with Crippen LogP contribution in [0.25, 0.3) is 137 Å². The Morgan fingerprint density at radius 1 is 0.312 bits per heavy atom. The van der Waals surface area contributed by atoms with Crippen molar-refractivity contribution in [2.75, 3.05) is 0 Å². The molecule has 14 rings (SSSR count). The zero-order chi connectivity index (χ0) is 41.9. The molecule has 0 bridgehead atoms. The number of hydrogen-bond acceptors (Lipinski definition) is 4. The molecule has 0 fully saturated rings. The number of hydrogen-bond donors (Lipinski definition) is 0. The summed E-state index contributed by atoms with van der Waals surface area (Å²) in [7, 11) is 0. The van der Waals surface area contributed by atoms with Gasteiger partial charge in [0.1, 0.15) is 11.2 Å². The van der Waals surface area contributed by atoms with Gasteiger partial charge in [-0.3, -0.25) is 0 Å². The SMILES string of the molecule is c1ccc(-c2nc(-c3ccc4oc5c6ccccc6c(-n6c7cc8ccccc8cc7c7cc8ccccc8cc76)cc5c4c3)nc(-c3cc4ccccc4c4ccccc34)n2)cc1.